The van der Waals surface area contributed by atoms with E-state index in [2.05, 4.69) is 11.8 Å². The monoisotopic (exact) mass is 188 g/mol. The Balaban J connectivity index is 1.96. The molecule has 4 heteroatoms. The van der Waals surface area contributed by atoms with Gasteiger partial charge in [-0.15, -0.1) is 0 Å². The Morgan fingerprint density at radius 3 is 2.69 bits per heavy atom. The van der Waals surface area contributed by atoms with Crippen LogP contribution in [0.25, 0.3) is 0 Å². The van der Waals surface area contributed by atoms with E-state index in [1.165, 1.54) is 0 Å². The molecular formula is C9H20N2O2. The second-order valence-electron chi connectivity index (χ2n) is 3.76. The summed E-state index contributed by atoms with van der Waals surface area (Å²) >= 11 is 0. The first kappa shape index (κ1) is 10.9. The molecule has 78 valence electrons. The molecule has 0 aliphatic carbocycles. The molecule has 1 fully saturated rings. The fourth-order valence-corrected chi connectivity index (χ4v) is 1.59. The molecule has 0 radical (unpaired) electrons. The van der Waals surface area contributed by atoms with Crippen LogP contribution in [0.3, 0.4) is 0 Å². The predicted molar refractivity (Wildman–Crippen MR) is 51.6 cm³/mol. The molecule has 1 heterocycles. The highest BCUT2D eigenvalue weighted by atomic mass is 16.5. The average molecular weight is 188 g/mol. The zero-order valence-electron chi connectivity index (χ0n) is 8.33. The van der Waals surface area contributed by atoms with Crippen LogP contribution in [-0.2, 0) is 4.74 Å². The minimum absolute atomic E-state index is 0.0526. The van der Waals surface area contributed by atoms with Crippen LogP contribution in [0.2, 0.25) is 0 Å². The summed E-state index contributed by atoms with van der Waals surface area (Å²) in [5, 5.41) is 8.47. The van der Waals surface area contributed by atoms with Crippen LogP contribution in [0.5, 0.6) is 0 Å². The summed E-state index contributed by atoms with van der Waals surface area (Å²) in [6.07, 6.45) is 1.04. The molecule has 0 unspecified atom stereocenters. The molecule has 0 aromatic carbocycles. The van der Waals surface area contributed by atoms with Crippen LogP contribution < -0.4 is 5.73 Å². The smallest absolute Gasteiger partial charge is 0.0698 e. The fraction of sp³-hybridized carbons (Fsp3) is 1.00. The van der Waals surface area contributed by atoms with Crippen molar-refractivity contribution in [3.8, 4) is 0 Å². The number of aliphatic hydroxyl groups is 1. The third kappa shape index (κ3) is 3.23. The maximum Gasteiger partial charge on any atom is 0.0698 e. The zero-order chi connectivity index (χ0) is 9.73. The first-order valence-electron chi connectivity index (χ1n) is 4.90. The molecule has 0 saturated carbocycles. The van der Waals surface area contributed by atoms with Crippen LogP contribution in [0.4, 0.5) is 0 Å². The number of likely N-dealkylation sites (tertiary alicyclic amines) is 1. The van der Waals surface area contributed by atoms with Gasteiger partial charge in [-0.05, 0) is 6.42 Å². The highest BCUT2D eigenvalue weighted by Gasteiger charge is 2.36. The second-order valence-corrected chi connectivity index (χ2v) is 3.76. The van der Waals surface area contributed by atoms with Gasteiger partial charge in [0.1, 0.15) is 0 Å². The van der Waals surface area contributed by atoms with E-state index in [-0.39, 0.29) is 12.1 Å². The Labute approximate surface area is 79.7 Å². The molecule has 0 aromatic rings. The lowest BCUT2D eigenvalue weighted by Gasteiger charge is -2.47. The molecule has 13 heavy (non-hydrogen) atoms. The topological polar surface area (TPSA) is 58.7 Å². The molecular weight excluding hydrogens is 168 g/mol. The summed E-state index contributed by atoms with van der Waals surface area (Å²) in [7, 11) is 0. The first-order chi connectivity index (χ1) is 6.20. The van der Waals surface area contributed by atoms with Crippen molar-refractivity contribution in [2.24, 2.45) is 5.73 Å². The third-order valence-electron chi connectivity index (χ3n) is 2.57. The van der Waals surface area contributed by atoms with Crippen molar-refractivity contribution in [1.82, 2.24) is 4.90 Å². The van der Waals surface area contributed by atoms with E-state index in [1.54, 1.807) is 0 Å². The summed E-state index contributed by atoms with van der Waals surface area (Å²) in [6, 6.07) is 0. The number of ether oxygens (including phenoxy) is 1. The Bertz CT molecular complexity index is 147. The minimum Gasteiger partial charge on any atom is -0.394 e. The lowest BCUT2D eigenvalue weighted by Crippen LogP contribution is -2.67. The number of nitrogens with two attached hydrogens (primary N) is 1. The number of nitrogens with zero attached hydrogens (tertiary/aromatic N) is 1. The maximum absolute atomic E-state index is 8.47. The Kier molecular flexibility index (Phi) is 4.12. The van der Waals surface area contributed by atoms with Crippen molar-refractivity contribution in [1.29, 1.82) is 0 Å². The standard InChI is InChI=1S/C9H20N2O2/c1-2-9(10)7-11(8-9)3-5-13-6-4-12/h12H,2-8,10H2,1H3. The molecule has 0 aromatic heterocycles. The SMILES string of the molecule is CCC1(N)CN(CCOCCO)C1. The fourth-order valence-electron chi connectivity index (χ4n) is 1.59. The number of aliphatic hydroxyl groups excluding tert-OH is 1. The van der Waals surface area contributed by atoms with Crippen molar-refractivity contribution >= 4 is 0 Å². The minimum atomic E-state index is 0.0526. The van der Waals surface area contributed by atoms with Gasteiger partial charge in [0.05, 0.1) is 19.8 Å². The van der Waals surface area contributed by atoms with E-state index in [1.807, 2.05) is 0 Å². The van der Waals surface area contributed by atoms with Crippen LogP contribution >= 0.6 is 0 Å². The van der Waals surface area contributed by atoms with Gasteiger partial charge in [-0.1, -0.05) is 6.92 Å². The number of hydrogen-bond acceptors (Lipinski definition) is 4. The van der Waals surface area contributed by atoms with Gasteiger partial charge in [-0.2, -0.15) is 0 Å². The second kappa shape index (κ2) is 4.91. The molecule has 1 rings (SSSR count). The van der Waals surface area contributed by atoms with E-state index in [9.17, 15) is 0 Å². The van der Waals surface area contributed by atoms with Crippen molar-refractivity contribution in [2.75, 3.05) is 39.5 Å². The largest absolute Gasteiger partial charge is 0.394 e. The molecule has 0 spiro atoms. The van der Waals surface area contributed by atoms with Gasteiger partial charge in [0.15, 0.2) is 0 Å². The Morgan fingerprint density at radius 1 is 1.46 bits per heavy atom. The van der Waals surface area contributed by atoms with Gasteiger partial charge in [0, 0.05) is 25.2 Å². The van der Waals surface area contributed by atoms with Gasteiger partial charge in [-0.3, -0.25) is 4.90 Å². The first-order valence-corrected chi connectivity index (χ1v) is 4.90. The van der Waals surface area contributed by atoms with E-state index in [0.29, 0.717) is 13.2 Å². The highest BCUT2D eigenvalue weighted by Crippen LogP contribution is 2.20. The molecule has 1 aliphatic heterocycles. The lowest BCUT2D eigenvalue weighted by atomic mass is 9.88. The van der Waals surface area contributed by atoms with Crippen LogP contribution in [-0.4, -0.2) is 55.0 Å². The van der Waals surface area contributed by atoms with Crippen LogP contribution in [0.15, 0.2) is 0 Å². The van der Waals surface area contributed by atoms with Gasteiger partial charge in [0.2, 0.25) is 0 Å². The van der Waals surface area contributed by atoms with E-state index in [0.717, 1.165) is 26.1 Å². The maximum atomic E-state index is 8.47. The molecule has 1 aliphatic rings. The summed E-state index contributed by atoms with van der Waals surface area (Å²) < 4.78 is 5.16. The van der Waals surface area contributed by atoms with Crippen molar-refractivity contribution < 1.29 is 9.84 Å². The molecule has 0 amide bonds. The quantitative estimate of drug-likeness (QED) is 0.547. The normalized spacial score (nSPS) is 21.5. The van der Waals surface area contributed by atoms with Crippen LogP contribution in [0.1, 0.15) is 13.3 Å². The lowest BCUT2D eigenvalue weighted by molar-refractivity contribution is 0.0220. The third-order valence-corrected chi connectivity index (χ3v) is 2.57. The summed E-state index contributed by atoms with van der Waals surface area (Å²) in [5.41, 5.74) is 6.05. The van der Waals surface area contributed by atoms with Crippen molar-refractivity contribution in [3.05, 3.63) is 0 Å². The number of rotatable bonds is 6. The molecule has 4 nitrogen and oxygen atoms in total. The van der Waals surface area contributed by atoms with Gasteiger partial charge in [-0.25, -0.2) is 0 Å². The molecule has 0 bridgehead atoms. The predicted octanol–water partition coefficient (Wildman–Crippen LogP) is -0.582. The van der Waals surface area contributed by atoms with E-state index >= 15 is 0 Å². The molecule has 3 N–H and O–H groups in total. The number of hydrogen-bond donors (Lipinski definition) is 2. The Hall–Kier alpha value is -0.160. The van der Waals surface area contributed by atoms with Crippen LogP contribution in [0, 0.1) is 0 Å². The van der Waals surface area contributed by atoms with Gasteiger partial charge in [0.25, 0.3) is 0 Å². The van der Waals surface area contributed by atoms with E-state index < -0.39 is 0 Å². The summed E-state index contributed by atoms with van der Waals surface area (Å²) in [6.45, 7) is 6.25. The average Bonchev–Trinajstić information content (AvgIpc) is 2.08. The van der Waals surface area contributed by atoms with Gasteiger partial charge < -0.3 is 15.6 Å². The molecule has 0 atom stereocenters. The Morgan fingerprint density at radius 2 is 2.15 bits per heavy atom. The molecule has 1 saturated heterocycles. The van der Waals surface area contributed by atoms with Crippen molar-refractivity contribution in [3.63, 3.8) is 0 Å². The van der Waals surface area contributed by atoms with E-state index in [4.69, 9.17) is 15.6 Å². The summed E-state index contributed by atoms with van der Waals surface area (Å²) in [5.74, 6) is 0. The zero-order valence-corrected chi connectivity index (χ0v) is 8.33. The highest BCUT2D eigenvalue weighted by molar-refractivity contribution is 4.98. The van der Waals surface area contributed by atoms with Crippen molar-refractivity contribution in [2.45, 2.75) is 18.9 Å². The van der Waals surface area contributed by atoms with Gasteiger partial charge >= 0.3 is 0 Å². The summed E-state index contributed by atoms with van der Waals surface area (Å²) in [4.78, 5) is 2.28.